The Bertz CT molecular complexity index is 528. The second-order valence-corrected chi connectivity index (χ2v) is 6.26. The summed E-state index contributed by atoms with van der Waals surface area (Å²) in [5.74, 6) is -1.50. The molecule has 122 valence electrons. The average molecular weight is 309 g/mol. The third-order valence-corrected chi connectivity index (χ3v) is 3.88. The first-order valence-electron chi connectivity index (χ1n) is 7.48. The van der Waals surface area contributed by atoms with E-state index in [2.05, 4.69) is 5.32 Å². The van der Waals surface area contributed by atoms with Crippen LogP contribution in [0.15, 0.2) is 24.3 Å². The number of carbonyl (C=O) groups excluding carboxylic acids is 1. The zero-order chi connectivity index (χ0) is 16.8. The maximum absolute atomic E-state index is 13.5. The molecule has 0 saturated heterocycles. The maximum atomic E-state index is 13.5. The lowest BCUT2D eigenvalue weighted by atomic mass is 9.89. The summed E-state index contributed by atoms with van der Waals surface area (Å²) in [6.07, 6.45) is 1.42. The Morgan fingerprint density at radius 1 is 1.32 bits per heavy atom. The first-order chi connectivity index (χ1) is 10.2. The maximum Gasteiger partial charge on any atom is 0.309 e. The molecule has 4 nitrogen and oxygen atoms in total. The van der Waals surface area contributed by atoms with Crippen LogP contribution < -0.4 is 5.32 Å². The van der Waals surface area contributed by atoms with Crippen LogP contribution in [-0.4, -0.2) is 23.5 Å². The van der Waals surface area contributed by atoms with Crippen molar-refractivity contribution in [1.82, 2.24) is 5.32 Å². The van der Waals surface area contributed by atoms with Gasteiger partial charge in [0.1, 0.15) is 5.82 Å². The highest BCUT2D eigenvalue weighted by Crippen LogP contribution is 2.19. The monoisotopic (exact) mass is 309 g/mol. The third kappa shape index (κ3) is 5.47. The minimum absolute atomic E-state index is 0.127. The van der Waals surface area contributed by atoms with Gasteiger partial charge < -0.3 is 10.4 Å². The molecule has 22 heavy (non-hydrogen) atoms. The molecule has 0 aliphatic heterocycles. The van der Waals surface area contributed by atoms with Crippen molar-refractivity contribution in [2.24, 2.45) is 11.3 Å². The van der Waals surface area contributed by atoms with E-state index in [0.29, 0.717) is 31.4 Å². The predicted octanol–water partition coefficient (Wildman–Crippen LogP) is 3.01. The largest absolute Gasteiger partial charge is 0.481 e. The number of carboxylic acid groups (broad SMARTS) is 1. The van der Waals surface area contributed by atoms with Crippen LogP contribution in [0.25, 0.3) is 0 Å². The number of carbonyl (C=O) groups is 2. The molecule has 1 aromatic carbocycles. The lowest BCUT2D eigenvalue weighted by Gasteiger charge is -2.20. The van der Waals surface area contributed by atoms with Crippen molar-refractivity contribution in [3.05, 3.63) is 35.6 Å². The summed E-state index contributed by atoms with van der Waals surface area (Å²) in [6.45, 7) is 5.37. The van der Waals surface area contributed by atoms with Gasteiger partial charge in [0, 0.05) is 12.5 Å². The fourth-order valence-electron chi connectivity index (χ4n) is 1.98. The SMILES string of the molecule is CC(CCc1ccccc1F)C(=O)NCCC(C)(C)C(=O)O. The zero-order valence-corrected chi connectivity index (χ0v) is 13.4. The molecule has 1 rings (SSSR count). The molecule has 1 unspecified atom stereocenters. The molecule has 1 amide bonds. The Morgan fingerprint density at radius 2 is 1.95 bits per heavy atom. The molecule has 0 saturated carbocycles. The van der Waals surface area contributed by atoms with Crippen LogP contribution in [-0.2, 0) is 16.0 Å². The Morgan fingerprint density at radius 3 is 2.55 bits per heavy atom. The summed E-state index contributed by atoms with van der Waals surface area (Å²) >= 11 is 0. The van der Waals surface area contributed by atoms with Gasteiger partial charge in [-0.15, -0.1) is 0 Å². The fourth-order valence-corrected chi connectivity index (χ4v) is 1.98. The number of aliphatic carboxylic acids is 1. The molecule has 0 aliphatic carbocycles. The predicted molar refractivity (Wildman–Crippen MR) is 82.9 cm³/mol. The van der Waals surface area contributed by atoms with Crippen LogP contribution in [0.1, 0.15) is 39.2 Å². The summed E-state index contributed by atoms with van der Waals surface area (Å²) in [5.41, 5.74) is -0.252. The molecule has 5 heteroatoms. The highest BCUT2D eigenvalue weighted by Gasteiger charge is 2.26. The van der Waals surface area contributed by atoms with E-state index in [0.717, 1.165) is 0 Å². The quantitative estimate of drug-likeness (QED) is 0.776. The van der Waals surface area contributed by atoms with Crippen LogP contribution >= 0.6 is 0 Å². The fraction of sp³-hybridized carbons (Fsp3) is 0.529. The molecule has 0 aliphatic rings. The van der Waals surface area contributed by atoms with Gasteiger partial charge in [-0.05, 0) is 44.7 Å². The topological polar surface area (TPSA) is 66.4 Å². The third-order valence-electron chi connectivity index (χ3n) is 3.88. The number of rotatable bonds is 8. The highest BCUT2D eigenvalue weighted by atomic mass is 19.1. The van der Waals surface area contributed by atoms with E-state index in [4.69, 9.17) is 5.11 Å². The molecule has 0 radical (unpaired) electrons. The van der Waals surface area contributed by atoms with E-state index >= 15 is 0 Å². The summed E-state index contributed by atoms with van der Waals surface area (Å²) in [6, 6.07) is 6.54. The Balaban J connectivity index is 2.37. The van der Waals surface area contributed by atoms with Crippen molar-refractivity contribution in [2.45, 2.75) is 40.0 Å². The van der Waals surface area contributed by atoms with E-state index in [1.54, 1.807) is 39.0 Å². The number of benzene rings is 1. The minimum Gasteiger partial charge on any atom is -0.481 e. The van der Waals surface area contributed by atoms with Gasteiger partial charge in [-0.25, -0.2) is 4.39 Å². The molecule has 2 N–H and O–H groups in total. The summed E-state index contributed by atoms with van der Waals surface area (Å²) in [5, 5.41) is 11.8. The van der Waals surface area contributed by atoms with Crippen molar-refractivity contribution in [2.75, 3.05) is 6.54 Å². The molecule has 0 aromatic heterocycles. The van der Waals surface area contributed by atoms with Gasteiger partial charge in [-0.2, -0.15) is 0 Å². The molecule has 0 fully saturated rings. The van der Waals surface area contributed by atoms with Gasteiger partial charge in [-0.3, -0.25) is 9.59 Å². The molecular formula is C17H24FNO3. The number of nitrogens with one attached hydrogen (secondary N) is 1. The standard InChI is InChI=1S/C17H24FNO3/c1-12(8-9-13-6-4-5-7-14(13)18)15(20)19-11-10-17(2,3)16(21)22/h4-7,12H,8-11H2,1-3H3,(H,19,20)(H,21,22). The number of carboxylic acids is 1. The number of amides is 1. The lowest BCUT2D eigenvalue weighted by molar-refractivity contribution is -0.147. The smallest absolute Gasteiger partial charge is 0.309 e. The molecular weight excluding hydrogens is 285 g/mol. The molecule has 1 aromatic rings. The van der Waals surface area contributed by atoms with Crippen molar-refractivity contribution in [3.63, 3.8) is 0 Å². The average Bonchev–Trinajstić information content (AvgIpc) is 2.45. The first kappa shape index (κ1) is 18.1. The van der Waals surface area contributed by atoms with Gasteiger partial charge in [0.25, 0.3) is 0 Å². The van der Waals surface area contributed by atoms with Gasteiger partial charge in [0.2, 0.25) is 5.91 Å². The number of hydrogen-bond acceptors (Lipinski definition) is 2. The van der Waals surface area contributed by atoms with Crippen LogP contribution in [0.2, 0.25) is 0 Å². The summed E-state index contributed by atoms with van der Waals surface area (Å²) in [7, 11) is 0. The Kier molecular flexibility index (Phi) is 6.53. The Labute approximate surface area is 130 Å². The first-order valence-corrected chi connectivity index (χ1v) is 7.48. The van der Waals surface area contributed by atoms with E-state index in [1.807, 2.05) is 0 Å². The molecule has 0 bridgehead atoms. The Hall–Kier alpha value is -1.91. The second-order valence-electron chi connectivity index (χ2n) is 6.26. The van der Waals surface area contributed by atoms with Crippen LogP contribution in [0.5, 0.6) is 0 Å². The van der Waals surface area contributed by atoms with Crippen LogP contribution in [0, 0.1) is 17.2 Å². The summed E-state index contributed by atoms with van der Waals surface area (Å²) in [4.78, 5) is 22.9. The van der Waals surface area contributed by atoms with E-state index in [9.17, 15) is 14.0 Å². The van der Waals surface area contributed by atoms with Crippen LogP contribution in [0.4, 0.5) is 4.39 Å². The highest BCUT2D eigenvalue weighted by molar-refractivity contribution is 5.78. The summed E-state index contributed by atoms with van der Waals surface area (Å²) < 4.78 is 13.5. The van der Waals surface area contributed by atoms with Crippen LogP contribution in [0.3, 0.4) is 0 Å². The molecule has 0 spiro atoms. The molecule has 0 heterocycles. The van der Waals surface area contributed by atoms with Crippen molar-refractivity contribution < 1.29 is 19.1 Å². The second kappa shape index (κ2) is 7.92. The van der Waals surface area contributed by atoms with Gasteiger partial charge in [0.15, 0.2) is 0 Å². The van der Waals surface area contributed by atoms with E-state index in [-0.39, 0.29) is 17.6 Å². The van der Waals surface area contributed by atoms with Gasteiger partial charge >= 0.3 is 5.97 Å². The number of halogens is 1. The van der Waals surface area contributed by atoms with Crippen molar-refractivity contribution >= 4 is 11.9 Å². The van der Waals surface area contributed by atoms with E-state index < -0.39 is 11.4 Å². The number of aryl methyl sites for hydroxylation is 1. The van der Waals surface area contributed by atoms with E-state index in [1.165, 1.54) is 6.07 Å². The number of hydrogen-bond donors (Lipinski definition) is 2. The zero-order valence-electron chi connectivity index (χ0n) is 13.4. The van der Waals surface area contributed by atoms with Gasteiger partial charge in [-0.1, -0.05) is 25.1 Å². The lowest BCUT2D eigenvalue weighted by Crippen LogP contribution is -2.34. The van der Waals surface area contributed by atoms with Gasteiger partial charge in [0.05, 0.1) is 5.41 Å². The minimum atomic E-state index is -0.880. The van der Waals surface area contributed by atoms with Crippen molar-refractivity contribution in [1.29, 1.82) is 0 Å². The van der Waals surface area contributed by atoms with Crippen molar-refractivity contribution in [3.8, 4) is 0 Å². The molecule has 1 atom stereocenters. The normalized spacial score (nSPS) is 12.7.